The van der Waals surface area contributed by atoms with Gasteiger partial charge in [0.15, 0.2) is 11.5 Å². The number of aryl methyl sites for hydroxylation is 1. The molecule has 0 amide bonds. The van der Waals surface area contributed by atoms with Crippen molar-refractivity contribution in [3.05, 3.63) is 41.3 Å². The van der Waals surface area contributed by atoms with Crippen LogP contribution in [0.25, 0.3) is 0 Å². The van der Waals surface area contributed by atoms with Gasteiger partial charge >= 0.3 is 0 Å². The smallest absolute Gasteiger partial charge is 0.161 e. The van der Waals surface area contributed by atoms with Gasteiger partial charge in [-0.15, -0.1) is 0 Å². The summed E-state index contributed by atoms with van der Waals surface area (Å²) >= 11 is 0. The van der Waals surface area contributed by atoms with Crippen LogP contribution in [0.2, 0.25) is 0 Å². The number of ether oxygens (including phenoxy) is 3. The Morgan fingerprint density at radius 1 is 1.16 bits per heavy atom. The summed E-state index contributed by atoms with van der Waals surface area (Å²) in [5.41, 5.74) is 2.16. The molecule has 2 aliphatic heterocycles. The fraction of sp³-hybridized carbons (Fsp3) is 0.526. The molecule has 2 aromatic rings. The van der Waals surface area contributed by atoms with Crippen molar-refractivity contribution in [3.63, 3.8) is 0 Å². The van der Waals surface area contributed by atoms with Crippen molar-refractivity contribution in [2.45, 2.75) is 26.0 Å². The predicted molar refractivity (Wildman–Crippen MR) is 91.9 cm³/mol. The largest absolute Gasteiger partial charge is 0.486 e. The fourth-order valence-electron chi connectivity index (χ4n) is 3.73. The molecule has 134 valence electrons. The molecule has 0 spiro atoms. The standard InChI is InChI=1S/C19H24N2O4/c1-13-7-16(25-20-13)9-15-11-21(12-19(15)22-2)10-14-3-4-17-18(8-14)24-6-5-23-17/h3-4,7-8,15,19H,5-6,9-12H2,1-2H3. The van der Waals surface area contributed by atoms with E-state index in [2.05, 4.69) is 22.2 Å². The van der Waals surface area contributed by atoms with Gasteiger partial charge in [-0.05, 0) is 24.6 Å². The van der Waals surface area contributed by atoms with E-state index in [4.69, 9.17) is 18.7 Å². The highest BCUT2D eigenvalue weighted by Crippen LogP contribution is 2.32. The van der Waals surface area contributed by atoms with E-state index in [1.165, 1.54) is 5.56 Å². The molecule has 3 heterocycles. The second-order valence-corrected chi connectivity index (χ2v) is 6.85. The first-order chi connectivity index (χ1) is 12.2. The molecular weight excluding hydrogens is 320 g/mol. The minimum Gasteiger partial charge on any atom is -0.486 e. The van der Waals surface area contributed by atoms with Crippen LogP contribution in [-0.4, -0.2) is 49.6 Å². The van der Waals surface area contributed by atoms with Gasteiger partial charge in [0.1, 0.15) is 19.0 Å². The number of methoxy groups -OCH3 is 1. The first-order valence-corrected chi connectivity index (χ1v) is 8.77. The molecule has 0 saturated carbocycles. The normalized spacial score (nSPS) is 23.1. The third-order valence-electron chi connectivity index (χ3n) is 4.91. The predicted octanol–water partition coefficient (Wildman–Crippen LogP) is 2.44. The van der Waals surface area contributed by atoms with E-state index in [1.807, 2.05) is 19.1 Å². The first-order valence-electron chi connectivity index (χ1n) is 8.77. The molecule has 2 unspecified atom stereocenters. The molecule has 2 aliphatic rings. The highest BCUT2D eigenvalue weighted by Gasteiger charge is 2.33. The van der Waals surface area contributed by atoms with Crippen molar-refractivity contribution in [1.29, 1.82) is 0 Å². The number of benzene rings is 1. The van der Waals surface area contributed by atoms with Gasteiger partial charge in [-0.1, -0.05) is 11.2 Å². The van der Waals surface area contributed by atoms with Gasteiger partial charge in [0, 0.05) is 45.1 Å². The number of hydrogen-bond acceptors (Lipinski definition) is 6. The fourth-order valence-corrected chi connectivity index (χ4v) is 3.73. The van der Waals surface area contributed by atoms with Gasteiger partial charge in [0.2, 0.25) is 0 Å². The highest BCUT2D eigenvalue weighted by molar-refractivity contribution is 5.43. The Morgan fingerprint density at radius 2 is 2.00 bits per heavy atom. The summed E-state index contributed by atoms with van der Waals surface area (Å²) in [6.45, 7) is 5.96. The first kappa shape index (κ1) is 16.4. The van der Waals surface area contributed by atoms with E-state index in [9.17, 15) is 0 Å². The molecule has 4 rings (SSSR count). The Balaban J connectivity index is 1.41. The average molecular weight is 344 g/mol. The van der Waals surface area contributed by atoms with Crippen molar-refractivity contribution in [2.24, 2.45) is 5.92 Å². The summed E-state index contributed by atoms with van der Waals surface area (Å²) in [7, 11) is 1.79. The van der Waals surface area contributed by atoms with Crippen molar-refractivity contribution in [2.75, 3.05) is 33.4 Å². The second kappa shape index (κ2) is 7.06. The van der Waals surface area contributed by atoms with E-state index in [-0.39, 0.29) is 6.10 Å². The van der Waals surface area contributed by atoms with E-state index in [0.29, 0.717) is 19.1 Å². The monoisotopic (exact) mass is 344 g/mol. The van der Waals surface area contributed by atoms with E-state index in [0.717, 1.165) is 49.0 Å². The number of likely N-dealkylation sites (tertiary alicyclic amines) is 1. The quantitative estimate of drug-likeness (QED) is 0.830. The number of hydrogen-bond donors (Lipinski definition) is 0. The molecule has 1 saturated heterocycles. The Morgan fingerprint density at radius 3 is 2.76 bits per heavy atom. The van der Waals surface area contributed by atoms with Crippen molar-refractivity contribution < 1.29 is 18.7 Å². The zero-order chi connectivity index (χ0) is 17.2. The van der Waals surface area contributed by atoms with E-state index >= 15 is 0 Å². The molecule has 2 atom stereocenters. The van der Waals surface area contributed by atoms with Gasteiger partial charge in [-0.25, -0.2) is 0 Å². The van der Waals surface area contributed by atoms with Crippen molar-refractivity contribution in [3.8, 4) is 11.5 Å². The maximum absolute atomic E-state index is 5.71. The second-order valence-electron chi connectivity index (χ2n) is 6.85. The molecule has 1 fully saturated rings. The minimum absolute atomic E-state index is 0.211. The third-order valence-corrected chi connectivity index (χ3v) is 4.91. The number of fused-ring (bicyclic) bond motifs is 1. The number of nitrogens with zero attached hydrogens (tertiary/aromatic N) is 2. The van der Waals surface area contributed by atoms with Crippen LogP contribution in [0, 0.1) is 12.8 Å². The van der Waals surface area contributed by atoms with Crippen LogP contribution >= 0.6 is 0 Å². The number of aromatic nitrogens is 1. The van der Waals surface area contributed by atoms with Gasteiger partial charge in [-0.3, -0.25) is 4.90 Å². The lowest BCUT2D eigenvalue weighted by Gasteiger charge is -2.20. The summed E-state index contributed by atoms with van der Waals surface area (Å²) in [4.78, 5) is 2.42. The molecular formula is C19H24N2O4. The molecule has 0 aliphatic carbocycles. The van der Waals surface area contributed by atoms with Gasteiger partial charge < -0.3 is 18.7 Å². The molecule has 1 aromatic carbocycles. The van der Waals surface area contributed by atoms with Crippen LogP contribution < -0.4 is 9.47 Å². The van der Waals surface area contributed by atoms with E-state index in [1.54, 1.807) is 7.11 Å². The summed E-state index contributed by atoms with van der Waals surface area (Å²) in [5, 5.41) is 3.98. The molecule has 0 bridgehead atoms. The third kappa shape index (κ3) is 3.65. The SMILES string of the molecule is COC1CN(Cc2ccc3c(c2)OCCO3)CC1Cc1cc(C)no1. The summed E-state index contributed by atoms with van der Waals surface area (Å²) in [5.74, 6) is 3.03. The molecule has 25 heavy (non-hydrogen) atoms. The van der Waals surface area contributed by atoms with Gasteiger partial charge in [0.05, 0.1) is 11.8 Å². The van der Waals surface area contributed by atoms with Crippen LogP contribution in [0.3, 0.4) is 0 Å². The Hall–Kier alpha value is -2.05. The lowest BCUT2D eigenvalue weighted by atomic mass is 10.0. The lowest BCUT2D eigenvalue weighted by molar-refractivity contribution is 0.0761. The van der Waals surface area contributed by atoms with Crippen LogP contribution in [0.5, 0.6) is 11.5 Å². The van der Waals surface area contributed by atoms with Crippen LogP contribution in [0.4, 0.5) is 0 Å². The molecule has 6 nitrogen and oxygen atoms in total. The molecule has 1 aromatic heterocycles. The average Bonchev–Trinajstić information content (AvgIpc) is 3.20. The Bertz CT molecular complexity index is 730. The van der Waals surface area contributed by atoms with Crippen LogP contribution in [-0.2, 0) is 17.7 Å². The van der Waals surface area contributed by atoms with Crippen molar-refractivity contribution >= 4 is 0 Å². The molecule has 0 radical (unpaired) electrons. The summed E-state index contributed by atoms with van der Waals surface area (Å²) in [6, 6.07) is 8.21. The highest BCUT2D eigenvalue weighted by atomic mass is 16.6. The minimum atomic E-state index is 0.211. The van der Waals surface area contributed by atoms with Crippen LogP contribution in [0.15, 0.2) is 28.8 Å². The Labute approximate surface area is 147 Å². The Kier molecular flexibility index (Phi) is 4.63. The summed E-state index contributed by atoms with van der Waals surface area (Å²) in [6.07, 6.45) is 1.07. The lowest BCUT2D eigenvalue weighted by Crippen LogP contribution is -2.23. The molecule has 6 heteroatoms. The maximum atomic E-state index is 5.71. The van der Waals surface area contributed by atoms with E-state index < -0.39 is 0 Å². The van der Waals surface area contributed by atoms with Gasteiger partial charge in [-0.2, -0.15) is 0 Å². The molecule has 0 N–H and O–H groups in total. The van der Waals surface area contributed by atoms with Crippen LogP contribution in [0.1, 0.15) is 17.0 Å². The van der Waals surface area contributed by atoms with Crippen molar-refractivity contribution in [1.82, 2.24) is 10.1 Å². The zero-order valence-electron chi connectivity index (χ0n) is 14.7. The maximum Gasteiger partial charge on any atom is 0.161 e. The zero-order valence-corrected chi connectivity index (χ0v) is 14.7. The topological polar surface area (TPSA) is 57.0 Å². The van der Waals surface area contributed by atoms with Gasteiger partial charge in [0.25, 0.3) is 0 Å². The summed E-state index contributed by atoms with van der Waals surface area (Å²) < 4.78 is 22.4. The number of rotatable bonds is 5.